The zero-order chi connectivity index (χ0) is 12.8. The summed E-state index contributed by atoms with van der Waals surface area (Å²) in [5.74, 6) is 1.40. The van der Waals surface area contributed by atoms with E-state index in [0.717, 1.165) is 0 Å². The van der Waals surface area contributed by atoms with Crippen LogP contribution >= 0.6 is 23.4 Å². The van der Waals surface area contributed by atoms with Crippen LogP contribution in [0.15, 0.2) is 17.3 Å². The number of nitro groups is 1. The largest absolute Gasteiger partial charge is 0.302 e. The highest BCUT2D eigenvalue weighted by molar-refractivity contribution is 7.99. The molecule has 1 unspecified atom stereocenters. The van der Waals surface area contributed by atoms with Crippen molar-refractivity contribution >= 4 is 29.1 Å². The predicted octanol–water partition coefficient (Wildman–Crippen LogP) is 2.83. The Morgan fingerprint density at radius 2 is 2.47 bits per heavy atom. The van der Waals surface area contributed by atoms with Crippen molar-refractivity contribution in [3.63, 3.8) is 0 Å². The lowest BCUT2D eigenvalue weighted by molar-refractivity contribution is -0.388. The molecular formula is C10H10ClN3O2S. The lowest BCUT2D eigenvalue weighted by atomic mass is 10.3. The Hall–Kier alpha value is -1.32. The van der Waals surface area contributed by atoms with Crippen LogP contribution in [0.5, 0.6) is 0 Å². The minimum absolute atomic E-state index is 0.129. The third-order valence-electron chi connectivity index (χ3n) is 1.93. The summed E-state index contributed by atoms with van der Waals surface area (Å²) in [5, 5.41) is 19.8. The van der Waals surface area contributed by atoms with Crippen LogP contribution in [0.1, 0.15) is 12.5 Å². The molecule has 0 saturated carbocycles. The summed E-state index contributed by atoms with van der Waals surface area (Å²) < 4.78 is 0. The summed E-state index contributed by atoms with van der Waals surface area (Å²) in [7, 11) is 0. The number of hydrogen-bond acceptors (Lipinski definition) is 5. The van der Waals surface area contributed by atoms with Crippen molar-refractivity contribution in [3.8, 4) is 6.07 Å². The Kier molecular flexibility index (Phi) is 5.19. The van der Waals surface area contributed by atoms with Crippen LogP contribution in [0.3, 0.4) is 0 Å². The van der Waals surface area contributed by atoms with E-state index in [1.165, 1.54) is 24.0 Å². The molecule has 7 heteroatoms. The van der Waals surface area contributed by atoms with Gasteiger partial charge in [-0.05, 0) is 5.92 Å². The van der Waals surface area contributed by atoms with Gasteiger partial charge in [0, 0.05) is 23.9 Å². The standard InChI is InChI=1S/C10H10ClN3O2S/c1-7(3-11)6-17-10-9(14(15)16)2-8(4-12)5-13-10/h2,5,7H,3,6H2,1H3. The molecule has 1 heterocycles. The zero-order valence-corrected chi connectivity index (χ0v) is 10.7. The van der Waals surface area contributed by atoms with Crippen LogP contribution in [0.4, 0.5) is 5.69 Å². The number of alkyl halides is 1. The van der Waals surface area contributed by atoms with Gasteiger partial charge < -0.3 is 0 Å². The minimum atomic E-state index is -0.526. The Balaban J connectivity index is 2.92. The van der Waals surface area contributed by atoms with Crippen molar-refractivity contribution in [2.75, 3.05) is 11.6 Å². The van der Waals surface area contributed by atoms with Crippen LogP contribution in [0, 0.1) is 27.4 Å². The first-order chi connectivity index (χ1) is 8.08. The molecule has 0 bridgehead atoms. The fourth-order valence-corrected chi connectivity index (χ4v) is 2.22. The molecule has 0 aliphatic rings. The van der Waals surface area contributed by atoms with Crippen LogP contribution < -0.4 is 0 Å². The Morgan fingerprint density at radius 3 is 3.00 bits per heavy atom. The Morgan fingerprint density at radius 1 is 1.76 bits per heavy atom. The van der Waals surface area contributed by atoms with E-state index in [1.54, 1.807) is 0 Å². The van der Waals surface area contributed by atoms with Gasteiger partial charge in [-0.25, -0.2) is 4.98 Å². The van der Waals surface area contributed by atoms with E-state index < -0.39 is 4.92 Å². The molecule has 0 aliphatic carbocycles. The maximum Gasteiger partial charge on any atom is 0.302 e. The van der Waals surface area contributed by atoms with Crippen LogP contribution in [0.2, 0.25) is 0 Å². The van der Waals surface area contributed by atoms with Crippen molar-refractivity contribution in [1.82, 2.24) is 4.98 Å². The van der Waals surface area contributed by atoms with Gasteiger partial charge in [-0.1, -0.05) is 18.7 Å². The SMILES string of the molecule is CC(CCl)CSc1ncc(C#N)cc1[N+](=O)[O-]. The van der Waals surface area contributed by atoms with Gasteiger partial charge in [0.25, 0.3) is 0 Å². The van der Waals surface area contributed by atoms with Crippen LogP contribution in [-0.2, 0) is 0 Å². The van der Waals surface area contributed by atoms with Crippen molar-refractivity contribution in [3.05, 3.63) is 27.9 Å². The molecule has 0 amide bonds. The number of halogens is 1. The highest BCUT2D eigenvalue weighted by Gasteiger charge is 2.17. The van der Waals surface area contributed by atoms with Gasteiger partial charge in [0.05, 0.1) is 10.5 Å². The van der Waals surface area contributed by atoms with Crippen LogP contribution in [-0.4, -0.2) is 21.5 Å². The molecule has 0 spiro atoms. The number of pyridine rings is 1. The van der Waals surface area contributed by atoms with Gasteiger partial charge in [-0.3, -0.25) is 10.1 Å². The molecular weight excluding hydrogens is 262 g/mol. The van der Waals surface area contributed by atoms with Crippen molar-refractivity contribution in [2.24, 2.45) is 5.92 Å². The highest BCUT2D eigenvalue weighted by Crippen LogP contribution is 2.29. The first-order valence-electron chi connectivity index (χ1n) is 4.81. The predicted molar refractivity (Wildman–Crippen MR) is 66.2 cm³/mol. The lowest BCUT2D eigenvalue weighted by Crippen LogP contribution is -2.01. The van der Waals surface area contributed by atoms with Gasteiger partial charge in [-0.2, -0.15) is 5.26 Å². The van der Waals surface area contributed by atoms with Gasteiger partial charge in [0.2, 0.25) is 0 Å². The van der Waals surface area contributed by atoms with Crippen molar-refractivity contribution in [2.45, 2.75) is 11.9 Å². The normalized spacial score (nSPS) is 11.8. The summed E-state index contributed by atoms with van der Waals surface area (Å²) in [6.07, 6.45) is 1.33. The Labute approximate surface area is 108 Å². The average Bonchev–Trinajstić information content (AvgIpc) is 2.35. The smallest absolute Gasteiger partial charge is 0.258 e. The molecule has 0 radical (unpaired) electrons. The highest BCUT2D eigenvalue weighted by atomic mass is 35.5. The molecule has 1 rings (SSSR count). The maximum absolute atomic E-state index is 10.8. The molecule has 0 saturated heterocycles. The fourth-order valence-electron chi connectivity index (χ4n) is 1.01. The number of thioether (sulfide) groups is 1. The monoisotopic (exact) mass is 271 g/mol. The van der Waals surface area contributed by atoms with E-state index >= 15 is 0 Å². The number of nitrogens with zero attached hydrogens (tertiary/aromatic N) is 3. The minimum Gasteiger partial charge on any atom is -0.258 e. The molecule has 17 heavy (non-hydrogen) atoms. The van der Waals surface area contributed by atoms with Gasteiger partial charge in [-0.15, -0.1) is 11.6 Å². The third kappa shape index (κ3) is 3.88. The summed E-state index contributed by atoms with van der Waals surface area (Å²) >= 11 is 6.94. The fraction of sp³-hybridized carbons (Fsp3) is 0.400. The number of rotatable bonds is 5. The van der Waals surface area contributed by atoms with E-state index in [-0.39, 0.29) is 17.2 Å². The number of hydrogen-bond donors (Lipinski definition) is 0. The van der Waals surface area contributed by atoms with E-state index in [1.807, 2.05) is 13.0 Å². The second kappa shape index (κ2) is 6.42. The van der Waals surface area contributed by atoms with Gasteiger partial charge in [0.1, 0.15) is 6.07 Å². The maximum atomic E-state index is 10.8. The molecule has 0 aromatic carbocycles. The molecule has 0 aliphatic heterocycles. The van der Waals surface area contributed by atoms with Crippen molar-refractivity contribution < 1.29 is 4.92 Å². The Bertz CT molecular complexity index is 461. The summed E-state index contributed by atoms with van der Waals surface area (Å²) in [6.45, 7) is 1.95. The van der Waals surface area contributed by atoms with Gasteiger partial charge >= 0.3 is 5.69 Å². The first-order valence-corrected chi connectivity index (χ1v) is 6.33. The lowest BCUT2D eigenvalue weighted by Gasteiger charge is -2.06. The molecule has 1 aromatic heterocycles. The summed E-state index contributed by atoms with van der Waals surface area (Å²) in [6, 6.07) is 3.06. The number of nitriles is 1. The molecule has 0 fully saturated rings. The average molecular weight is 272 g/mol. The van der Waals surface area contributed by atoms with E-state index in [9.17, 15) is 10.1 Å². The van der Waals surface area contributed by atoms with E-state index in [2.05, 4.69) is 4.98 Å². The van der Waals surface area contributed by atoms with E-state index in [0.29, 0.717) is 16.7 Å². The molecule has 1 atom stereocenters. The quantitative estimate of drug-likeness (QED) is 0.356. The number of aromatic nitrogens is 1. The van der Waals surface area contributed by atoms with Crippen LogP contribution in [0.25, 0.3) is 0 Å². The second-order valence-electron chi connectivity index (χ2n) is 3.49. The van der Waals surface area contributed by atoms with Crippen molar-refractivity contribution in [1.29, 1.82) is 5.26 Å². The summed E-state index contributed by atoms with van der Waals surface area (Å²) in [5.41, 5.74) is 0.0577. The molecule has 1 aromatic rings. The first kappa shape index (κ1) is 13.7. The zero-order valence-electron chi connectivity index (χ0n) is 9.09. The molecule has 90 valence electrons. The molecule has 5 nitrogen and oxygen atoms in total. The summed E-state index contributed by atoms with van der Waals surface area (Å²) in [4.78, 5) is 14.2. The second-order valence-corrected chi connectivity index (χ2v) is 4.80. The third-order valence-corrected chi connectivity index (χ3v) is 3.78. The molecule has 0 N–H and O–H groups in total. The van der Waals surface area contributed by atoms with Gasteiger partial charge in [0.15, 0.2) is 5.03 Å². The van der Waals surface area contributed by atoms with E-state index in [4.69, 9.17) is 16.9 Å². The topological polar surface area (TPSA) is 79.8 Å².